The van der Waals surface area contributed by atoms with Crippen LogP contribution in [-0.2, 0) is 9.53 Å². The lowest BCUT2D eigenvalue weighted by molar-refractivity contribution is -0.145. The lowest BCUT2D eigenvalue weighted by Gasteiger charge is -2.13. The Morgan fingerprint density at radius 1 is 1.57 bits per heavy atom. The van der Waals surface area contributed by atoms with Crippen LogP contribution in [0.3, 0.4) is 0 Å². The Balaban J connectivity index is 3.66. The quantitative estimate of drug-likeness (QED) is 0.368. The van der Waals surface area contributed by atoms with Gasteiger partial charge in [-0.2, -0.15) is 0 Å². The molecule has 0 aromatic heterocycles. The SMILES string of the molecule is C=CCCCCC(NC)C(=O)OCC. The first kappa shape index (κ1) is 13.2. The van der Waals surface area contributed by atoms with Crippen LogP contribution in [0.4, 0.5) is 0 Å². The van der Waals surface area contributed by atoms with Crippen molar-refractivity contribution in [1.82, 2.24) is 5.32 Å². The molecule has 0 aliphatic rings. The van der Waals surface area contributed by atoms with E-state index in [1.165, 1.54) is 0 Å². The monoisotopic (exact) mass is 199 g/mol. The Bertz CT molecular complexity index is 169. The van der Waals surface area contributed by atoms with E-state index in [1.54, 1.807) is 7.05 Å². The van der Waals surface area contributed by atoms with Gasteiger partial charge in [-0.25, -0.2) is 0 Å². The molecule has 14 heavy (non-hydrogen) atoms. The van der Waals surface area contributed by atoms with Crippen molar-refractivity contribution in [3.63, 3.8) is 0 Å². The van der Waals surface area contributed by atoms with Gasteiger partial charge in [0.1, 0.15) is 6.04 Å². The number of rotatable bonds is 8. The van der Waals surface area contributed by atoms with Gasteiger partial charge in [-0.3, -0.25) is 4.79 Å². The van der Waals surface area contributed by atoms with Crippen LogP contribution in [0.2, 0.25) is 0 Å². The third-order valence-corrected chi connectivity index (χ3v) is 2.07. The van der Waals surface area contributed by atoms with Crippen LogP contribution in [0.25, 0.3) is 0 Å². The second kappa shape index (κ2) is 8.75. The molecule has 0 saturated heterocycles. The highest BCUT2D eigenvalue weighted by molar-refractivity contribution is 5.75. The number of ether oxygens (including phenoxy) is 1. The lowest BCUT2D eigenvalue weighted by Crippen LogP contribution is -2.35. The summed E-state index contributed by atoms with van der Waals surface area (Å²) in [6, 6.07) is -0.153. The molecule has 3 nitrogen and oxygen atoms in total. The Hall–Kier alpha value is -0.830. The molecule has 0 aliphatic heterocycles. The molecule has 0 aliphatic carbocycles. The molecule has 0 aromatic rings. The molecule has 0 amide bonds. The average Bonchev–Trinajstić information content (AvgIpc) is 2.18. The van der Waals surface area contributed by atoms with Gasteiger partial charge in [0.15, 0.2) is 0 Å². The number of hydrogen-bond acceptors (Lipinski definition) is 3. The molecule has 0 radical (unpaired) electrons. The van der Waals surface area contributed by atoms with Gasteiger partial charge in [-0.15, -0.1) is 6.58 Å². The van der Waals surface area contributed by atoms with Gasteiger partial charge < -0.3 is 10.1 Å². The second-order valence-corrected chi connectivity index (χ2v) is 3.17. The predicted octanol–water partition coefficient (Wildman–Crippen LogP) is 1.88. The first-order valence-electron chi connectivity index (χ1n) is 5.21. The fourth-order valence-corrected chi connectivity index (χ4v) is 1.26. The normalized spacial score (nSPS) is 12.1. The molecule has 0 fully saturated rings. The van der Waals surface area contributed by atoms with E-state index in [-0.39, 0.29) is 12.0 Å². The molecular formula is C11H21NO2. The molecule has 1 unspecified atom stereocenters. The lowest BCUT2D eigenvalue weighted by atomic mass is 10.1. The number of nitrogens with one attached hydrogen (secondary N) is 1. The van der Waals surface area contributed by atoms with Gasteiger partial charge in [0.2, 0.25) is 0 Å². The first-order valence-corrected chi connectivity index (χ1v) is 5.21. The summed E-state index contributed by atoms with van der Waals surface area (Å²) in [6.45, 7) is 5.92. The van der Waals surface area contributed by atoms with Crippen molar-refractivity contribution >= 4 is 5.97 Å². The summed E-state index contributed by atoms with van der Waals surface area (Å²) in [5.41, 5.74) is 0. The molecule has 3 heteroatoms. The summed E-state index contributed by atoms with van der Waals surface area (Å²) < 4.78 is 4.93. The van der Waals surface area contributed by atoms with E-state index in [9.17, 15) is 4.79 Å². The van der Waals surface area contributed by atoms with Gasteiger partial charge >= 0.3 is 5.97 Å². The van der Waals surface area contributed by atoms with E-state index in [1.807, 2.05) is 13.0 Å². The summed E-state index contributed by atoms with van der Waals surface area (Å²) in [5, 5.41) is 2.96. The van der Waals surface area contributed by atoms with Crippen molar-refractivity contribution in [2.45, 2.75) is 38.6 Å². The molecule has 0 spiro atoms. The molecule has 0 saturated carbocycles. The molecule has 0 aromatic carbocycles. The fraction of sp³-hybridized carbons (Fsp3) is 0.727. The highest BCUT2D eigenvalue weighted by Crippen LogP contribution is 2.05. The number of allylic oxidation sites excluding steroid dienone is 1. The maximum Gasteiger partial charge on any atom is 0.323 e. The zero-order chi connectivity index (χ0) is 10.8. The van der Waals surface area contributed by atoms with Crippen LogP contribution in [0, 0.1) is 0 Å². The highest BCUT2D eigenvalue weighted by atomic mass is 16.5. The van der Waals surface area contributed by atoms with Crippen molar-refractivity contribution in [3.05, 3.63) is 12.7 Å². The van der Waals surface area contributed by atoms with E-state index in [0.29, 0.717) is 6.61 Å². The van der Waals surface area contributed by atoms with Crippen LogP contribution in [-0.4, -0.2) is 25.7 Å². The largest absolute Gasteiger partial charge is 0.465 e. The molecule has 82 valence electrons. The highest BCUT2D eigenvalue weighted by Gasteiger charge is 2.16. The van der Waals surface area contributed by atoms with Crippen LogP contribution in [0.5, 0.6) is 0 Å². The van der Waals surface area contributed by atoms with Gasteiger partial charge in [-0.1, -0.05) is 12.5 Å². The third kappa shape index (κ3) is 5.75. The number of likely N-dealkylation sites (N-methyl/N-ethyl adjacent to an activating group) is 1. The fourth-order valence-electron chi connectivity index (χ4n) is 1.26. The van der Waals surface area contributed by atoms with Gasteiger partial charge in [0.05, 0.1) is 6.61 Å². The Morgan fingerprint density at radius 2 is 2.29 bits per heavy atom. The number of carbonyl (C=O) groups is 1. The molecule has 1 N–H and O–H groups in total. The van der Waals surface area contributed by atoms with Crippen molar-refractivity contribution in [2.24, 2.45) is 0 Å². The van der Waals surface area contributed by atoms with Gasteiger partial charge in [0.25, 0.3) is 0 Å². The van der Waals surface area contributed by atoms with Gasteiger partial charge in [0, 0.05) is 0 Å². The first-order chi connectivity index (χ1) is 6.76. The van der Waals surface area contributed by atoms with Crippen LogP contribution in [0.15, 0.2) is 12.7 Å². The Morgan fingerprint density at radius 3 is 2.79 bits per heavy atom. The third-order valence-electron chi connectivity index (χ3n) is 2.07. The summed E-state index contributed by atoms with van der Waals surface area (Å²) >= 11 is 0. The summed E-state index contributed by atoms with van der Waals surface area (Å²) in [5.74, 6) is -0.145. The Labute approximate surface area is 86.5 Å². The summed E-state index contributed by atoms with van der Waals surface area (Å²) in [6.07, 6.45) is 5.86. The molecule has 0 heterocycles. The van der Waals surface area contributed by atoms with E-state index < -0.39 is 0 Å². The number of hydrogen-bond donors (Lipinski definition) is 1. The van der Waals surface area contributed by atoms with Crippen molar-refractivity contribution in [2.75, 3.05) is 13.7 Å². The maximum atomic E-state index is 11.3. The minimum atomic E-state index is -0.153. The van der Waals surface area contributed by atoms with Gasteiger partial charge in [-0.05, 0) is 33.2 Å². The molecule has 1 atom stereocenters. The van der Waals surface area contributed by atoms with E-state index >= 15 is 0 Å². The summed E-state index contributed by atoms with van der Waals surface area (Å²) in [7, 11) is 1.79. The minimum absolute atomic E-state index is 0.145. The minimum Gasteiger partial charge on any atom is -0.465 e. The Kier molecular flexibility index (Phi) is 8.24. The van der Waals surface area contributed by atoms with Crippen LogP contribution >= 0.6 is 0 Å². The molecular weight excluding hydrogens is 178 g/mol. The smallest absolute Gasteiger partial charge is 0.323 e. The zero-order valence-electron chi connectivity index (χ0n) is 9.21. The van der Waals surface area contributed by atoms with E-state index in [4.69, 9.17) is 4.74 Å². The zero-order valence-corrected chi connectivity index (χ0v) is 9.21. The van der Waals surface area contributed by atoms with Crippen LogP contribution < -0.4 is 5.32 Å². The topological polar surface area (TPSA) is 38.3 Å². The van der Waals surface area contributed by atoms with Crippen LogP contribution in [0.1, 0.15) is 32.6 Å². The standard InChI is InChI=1S/C11H21NO2/c1-4-6-7-8-9-10(12-3)11(13)14-5-2/h4,10,12H,1,5-9H2,2-3H3. The van der Waals surface area contributed by atoms with E-state index in [2.05, 4.69) is 11.9 Å². The average molecular weight is 199 g/mol. The maximum absolute atomic E-state index is 11.3. The van der Waals surface area contributed by atoms with Crippen molar-refractivity contribution < 1.29 is 9.53 Å². The predicted molar refractivity (Wildman–Crippen MR) is 58.1 cm³/mol. The molecule has 0 bridgehead atoms. The number of unbranched alkanes of at least 4 members (excludes halogenated alkanes) is 2. The summed E-state index contributed by atoms with van der Waals surface area (Å²) in [4.78, 5) is 11.3. The van der Waals surface area contributed by atoms with E-state index in [0.717, 1.165) is 25.7 Å². The second-order valence-electron chi connectivity index (χ2n) is 3.17. The van der Waals surface area contributed by atoms with Crippen molar-refractivity contribution in [1.29, 1.82) is 0 Å². The molecule has 0 rings (SSSR count). The number of esters is 1. The van der Waals surface area contributed by atoms with Crippen molar-refractivity contribution in [3.8, 4) is 0 Å². The number of carbonyl (C=O) groups excluding carboxylic acids is 1.